The number of aromatic nitrogens is 2. The van der Waals surface area contributed by atoms with Gasteiger partial charge in [0, 0.05) is 39.8 Å². The quantitative estimate of drug-likeness (QED) is 0.150. The van der Waals surface area contributed by atoms with Gasteiger partial charge < -0.3 is 34.6 Å². The predicted octanol–water partition coefficient (Wildman–Crippen LogP) is 3.01. The first-order chi connectivity index (χ1) is 24.4. The van der Waals surface area contributed by atoms with Gasteiger partial charge in [0.15, 0.2) is 0 Å². The molecule has 1 aliphatic heterocycles. The Morgan fingerprint density at radius 2 is 1.69 bits per heavy atom. The third-order valence-electron chi connectivity index (χ3n) is 9.17. The largest absolute Gasteiger partial charge is 0.497 e. The molecule has 1 fully saturated rings. The number of fused-ring (bicyclic) bond motifs is 1. The Hall–Kier alpha value is -4.50. The van der Waals surface area contributed by atoms with Crippen LogP contribution in [0.4, 0.5) is 4.79 Å². The third kappa shape index (κ3) is 8.87. The topological polar surface area (TPSA) is 158 Å². The van der Waals surface area contributed by atoms with Crippen LogP contribution in [0.3, 0.4) is 0 Å². The van der Waals surface area contributed by atoms with Crippen LogP contribution in [0.1, 0.15) is 31.7 Å². The van der Waals surface area contributed by atoms with Crippen molar-refractivity contribution in [1.29, 1.82) is 0 Å². The smallest absolute Gasteiger partial charge is 0.321 e. The summed E-state index contributed by atoms with van der Waals surface area (Å²) in [7, 11) is -0.640. The number of aliphatic hydroxyl groups excluding tert-OH is 2. The molecule has 1 aromatic heterocycles. The molecule has 274 valence electrons. The number of imidazole rings is 1. The second-order valence-corrected chi connectivity index (χ2v) is 15.2. The van der Waals surface area contributed by atoms with Gasteiger partial charge in [-0.05, 0) is 60.7 Å². The van der Waals surface area contributed by atoms with Crippen molar-refractivity contribution in [3.63, 3.8) is 0 Å². The molecule has 0 bridgehead atoms. The number of ether oxygens (including phenoxy) is 1. The number of carbonyl (C=O) groups is 2. The van der Waals surface area contributed by atoms with E-state index in [2.05, 4.69) is 10.3 Å². The van der Waals surface area contributed by atoms with Crippen LogP contribution in [-0.4, -0.2) is 112 Å². The maximum Gasteiger partial charge on any atom is 0.321 e. The monoisotopic (exact) mass is 720 g/mol. The molecule has 3 atom stereocenters. The molecule has 0 radical (unpaired) electrons. The summed E-state index contributed by atoms with van der Waals surface area (Å²) in [5.74, 6) is 0.610. The minimum absolute atomic E-state index is 0.0167. The zero-order valence-electron chi connectivity index (χ0n) is 29.6. The van der Waals surface area contributed by atoms with E-state index in [0.29, 0.717) is 18.1 Å². The first kappa shape index (κ1) is 37.7. The van der Waals surface area contributed by atoms with Crippen molar-refractivity contribution in [2.24, 2.45) is 13.0 Å². The van der Waals surface area contributed by atoms with Gasteiger partial charge in [0.2, 0.25) is 15.9 Å². The third-order valence-corrected chi connectivity index (χ3v) is 11.0. The number of hydrogen-bond acceptors (Lipinski definition) is 8. The minimum atomic E-state index is -4.03. The average Bonchev–Trinajstić information content (AvgIpc) is 3.64. The lowest BCUT2D eigenvalue weighted by atomic mass is 10.00. The molecule has 1 aliphatic rings. The number of urea groups is 1. The number of benzene rings is 3. The van der Waals surface area contributed by atoms with Crippen LogP contribution in [0.2, 0.25) is 0 Å². The van der Waals surface area contributed by atoms with Crippen LogP contribution in [0, 0.1) is 5.92 Å². The number of nitrogens with zero attached hydrogens (tertiary/aromatic N) is 5. The molecule has 0 aliphatic carbocycles. The van der Waals surface area contributed by atoms with Gasteiger partial charge in [-0.3, -0.25) is 4.79 Å². The summed E-state index contributed by atoms with van der Waals surface area (Å²) in [6, 6.07) is 20.7. The summed E-state index contributed by atoms with van der Waals surface area (Å²) in [5, 5.41) is 24.7. The molecule has 13 nitrogen and oxygen atoms in total. The van der Waals surface area contributed by atoms with Gasteiger partial charge in [-0.1, -0.05) is 56.3 Å². The molecule has 1 saturated heterocycles. The van der Waals surface area contributed by atoms with E-state index >= 15 is 0 Å². The standard InChI is InChI=1S/C37H48N6O7S/c1-26(2)23-42(51(48,49)29-16-14-28(50-4)15-17-29)24-34(45)31(22-27-10-6-5-7-11-27)39-36(46)33(18-21-44)43-20-19-41(37(43)47)25-35-38-30-12-8-9-13-32(30)40(35)3/h5-17,26,31,33-34,44-45H,18-25H2,1-4H3,(H,39,46)/t31-,33?,34+/m0/s1. The van der Waals surface area contributed by atoms with E-state index in [1.165, 1.54) is 28.4 Å². The fourth-order valence-electron chi connectivity index (χ4n) is 6.44. The number of para-hydroxylation sites is 2. The Kier molecular flexibility index (Phi) is 12.3. The first-order valence-corrected chi connectivity index (χ1v) is 18.6. The van der Waals surface area contributed by atoms with Crippen LogP contribution in [0.15, 0.2) is 83.8 Å². The fourth-order valence-corrected chi connectivity index (χ4v) is 8.06. The van der Waals surface area contributed by atoms with E-state index in [9.17, 15) is 28.2 Å². The molecule has 1 unspecified atom stereocenters. The van der Waals surface area contributed by atoms with Gasteiger partial charge in [0.25, 0.3) is 0 Å². The summed E-state index contributed by atoms with van der Waals surface area (Å²) in [6.07, 6.45) is -1.14. The molecule has 3 N–H and O–H groups in total. The fraction of sp³-hybridized carbons (Fsp3) is 0.432. The number of methoxy groups -OCH3 is 1. The molecule has 0 saturated carbocycles. The molecule has 2 heterocycles. The minimum Gasteiger partial charge on any atom is -0.497 e. The predicted molar refractivity (Wildman–Crippen MR) is 193 cm³/mol. The molecular weight excluding hydrogens is 673 g/mol. The van der Waals surface area contributed by atoms with Crippen molar-refractivity contribution in [1.82, 2.24) is 29.0 Å². The number of amides is 3. The van der Waals surface area contributed by atoms with Crippen molar-refractivity contribution >= 4 is 33.0 Å². The zero-order chi connectivity index (χ0) is 36.7. The van der Waals surface area contributed by atoms with E-state index in [4.69, 9.17) is 4.74 Å². The van der Waals surface area contributed by atoms with Crippen LogP contribution in [0.5, 0.6) is 5.75 Å². The second kappa shape index (κ2) is 16.7. The van der Waals surface area contributed by atoms with E-state index < -0.39 is 34.1 Å². The van der Waals surface area contributed by atoms with Crippen molar-refractivity contribution in [3.05, 3.63) is 90.3 Å². The molecule has 4 aromatic rings. The highest BCUT2D eigenvalue weighted by molar-refractivity contribution is 7.89. The van der Waals surface area contributed by atoms with Crippen molar-refractivity contribution in [2.45, 2.75) is 56.3 Å². The molecule has 5 rings (SSSR count). The number of rotatable bonds is 17. The second-order valence-electron chi connectivity index (χ2n) is 13.3. The number of sulfonamides is 1. The lowest BCUT2D eigenvalue weighted by molar-refractivity contribution is -0.127. The normalized spacial score (nSPS) is 15.5. The summed E-state index contributed by atoms with van der Waals surface area (Å²) < 4.78 is 36.1. The van der Waals surface area contributed by atoms with Crippen LogP contribution >= 0.6 is 0 Å². The van der Waals surface area contributed by atoms with Gasteiger partial charge in [-0.15, -0.1) is 0 Å². The molecule has 3 aromatic carbocycles. The van der Waals surface area contributed by atoms with E-state index in [0.717, 1.165) is 16.6 Å². The Labute approximate surface area is 299 Å². The lowest BCUT2D eigenvalue weighted by Crippen LogP contribution is -2.56. The first-order valence-electron chi connectivity index (χ1n) is 17.2. The van der Waals surface area contributed by atoms with Crippen molar-refractivity contribution < 1.29 is 33.0 Å². The summed E-state index contributed by atoms with van der Waals surface area (Å²) >= 11 is 0. The number of nitrogens with one attached hydrogen (secondary N) is 1. The van der Waals surface area contributed by atoms with Crippen molar-refractivity contribution in [3.8, 4) is 5.75 Å². The van der Waals surface area contributed by atoms with Crippen LogP contribution < -0.4 is 10.1 Å². The summed E-state index contributed by atoms with van der Waals surface area (Å²) in [6.45, 7) is 4.14. The molecular formula is C37H48N6O7S. The molecule has 3 amide bonds. The van der Waals surface area contributed by atoms with Crippen LogP contribution in [0.25, 0.3) is 11.0 Å². The van der Waals surface area contributed by atoms with Gasteiger partial charge in [0.05, 0.1) is 41.7 Å². The summed E-state index contributed by atoms with van der Waals surface area (Å²) in [4.78, 5) is 35.6. The van der Waals surface area contributed by atoms with Gasteiger partial charge in [-0.2, -0.15) is 4.31 Å². The number of aliphatic hydroxyl groups is 2. The Morgan fingerprint density at radius 1 is 1.00 bits per heavy atom. The average molecular weight is 721 g/mol. The summed E-state index contributed by atoms with van der Waals surface area (Å²) in [5.41, 5.74) is 2.59. The molecule has 0 spiro atoms. The van der Waals surface area contributed by atoms with Crippen molar-refractivity contribution in [2.75, 3.05) is 39.9 Å². The van der Waals surface area contributed by atoms with E-state index in [1.807, 2.05) is 80.1 Å². The lowest BCUT2D eigenvalue weighted by Gasteiger charge is -2.33. The highest BCUT2D eigenvalue weighted by Gasteiger charge is 2.39. The Morgan fingerprint density at radius 3 is 2.33 bits per heavy atom. The number of aryl methyl sites for hydroxylation is 1. The van der Waals surface area contributed by atoms with Crippen LogP contribution in [-0.2, 0) is 34.8 Å². The van der Waals surface area contributed by atoms with Gasteiger partial charge in [-0.25, -0.2) is 18.2 Å². The highest BCUT2D eigenvalue weighted by atomic mass is 32.2. The maximum absolute atomic E-state index is 14.0. The van der Waals surface area contributed by atoms with E-state index in [-0.39, 0.29) is 62.5 Å². The Balaban J connectivity index is 1.35. The number of carbonyl (C=O) groups excluding carboxylic acids is 2. The SMILES string of the molecule is COc1ccc(S(=O)(=O)N(CC(C)C)C[C@@H](O)[C@H](Cc2ccccc2)NC(=O)C(CCO)N2CCN(Cc3nc4ccccc4n3C)C2=O)cc1. The molecule has 51 heavy (non-hydrogen) atoms. The highest BCUT2D eigenvalue weighted by Crippen LogP contribution is 2.23. The Bertz CT molecular complexity index is 1880. The van der Waals surface area contributed by atoms with E-state index in [1.54, 1.807) is 17.0 Å². The van der Waals surface area contributed by atoms with Gasteiger partial charge >= 0.3 is 6.03 Å². The number of hydrogen-bond donors (Lipinski definition) is 3. The van der Waals surface area contributed by atoms with Gasteiger partial charge in [0.1, 0.15) is 17.6 Å². The molecule has 14 heteroatoms. The zero-order valence-corrected chi connectivity index (χ0v) is 30.4. The maximum atomic E-state index is 14.0.